The van der Waals surface area contributed by atoms with Crippen LogP contribution in [-0.2, 0) is 4.79 Å². The summed E-state index contributed by atoms with van der Waals surface area (Å²) in [4.78, 5) is 13.9. The Morgan fingerprint density at radius 1 is 1.21 bits per heavy atom. The van der Waals surface area contributed by atoms with Crippen LogP contribution in [0.1, 0.15) is 24.9 Å². The largest absolute Gasteiger partial charge is 0.334 e. The topological polar surface area (TPSA) is 46.3 Å². The standard InChI is InChI=1S/C16H18N2O/c1-2-18-15(19)10-14(17)16(18)13-9-5-7-11-6-3-4-8-12(11)13/h3-9,14,16H,2,10,17H2,1H3. The van der Waals surface area contributed by atoms with Crippen LogP contribution in [0.4, 0.5) is 0 Å². The molecule has 2 N–H and O–H groups in total. The van der Waals surface area contributed by atoms with Gasteiger partial charge in [-0.05, 0) is 23.3 Å². The lowest BCUT2D eigenvalue weighted by atomic mass is 9.95. The molecule has 19 heavy (non-hydrogen) atoms. The first-order chi connectivity index (χ1) is 9.22. The van der Waals surface area contributed by atoms with Crippen molar-refractivity contribution in [2.24, 2.45) is 5.73 Å². The van der Waals surface area contributed by atoms with Gasteiger partial charge in [-0.25, -0.2) is 0 Å². The van der Waals surface area contributed by atoms with Crippen LogP contribution >= 0.6 is 0 Å². The quantitative estimate of drug-likeness (QED) is 0.894. The van der Waals surface area contributed by atoms with Gasteiger partial charge in [0.1, 0.15) is 0 Å². The van der Waals surface area contributed by atoms with Crippen molar-refractivity contribution >= 4 is 16.7 Å². The van der Waals surface area contributed by atoms with Gasteiger partial charge in [-0.1, -0.05) is 42.5 Å². The van der Waals surface area contributed by atoms with Crippen LogP contribution in [0.2, 0.25) is 0 Å². The molecule has 0 aromatic heterocycles. The predicted molar refractivity (Wildman–Crippen MR) is 76.7 cm³/mol. The Morgan fingerprint density at radius 3 is 2.74 bits per heavy atom. The van der Waals surface area contributed by atoms with Crippen molar-refractivity contribution < 1.29 is 4.79 Å². The Hall–Kier alpha value is -1.87. The maximum atomic E-state index is 12.0. The Labute approximate surface area is 113 Å². The molecule has 1 aliphatic rings. The molecule has 0 spiro atoms. The van der Waals surface area contributed by atoms with Crippen molar-refractivity contribution in [1.29, 1.82) is 0 Å². The average Bonchev–Trinajstić information content (AvgIpc) is 2.72. The fourth-order valence-corrected chi connectivity index (χ4v) is 3.10. The van der Waals surface area contributed by atoms with Crippen molar-refractivity contribution in [1.82, 2.24) is 4.90 Å². The second-order valence-electron chi connectivity index (χ2n) is 5.06. The van der Waals surface area contributed by atoms with E-state index in [0.29, 0.717) is 13.0 Å². The smallest absolute Gasteiger partial charge is 0.224 e. The number of fused-ring (bicyclic) bond motifs is 1. The number of hydrogen-bond donors (Lipinski definition) is 1. The third-order valence-corrected chi connectivity index (χ3v) is 3.95. The highest BCUT2D eigenvalue weighted by Gasteiger charge is 2.38. The van der Waals surface area contributed by atoms with Gasteiger partial charge in [0.05, 0.1) is 6.04 Å². The summed E-state index contributed by atoms with van der Waals surface area (Å²) in [7, 11) is 0. The van der Waals surface area contributed by atoms with Crippen LogP contribution in [0.5, 0.6) is 0 Å². The number of amides is 1. The highest BCUT2D eigenvalue weighted by Crippen LogP contribution is 2.35. The van der Waals surface area contributed by atoms with E-state index in [4.69, 9.17) is 5.73 Å². The Morgan fingerprint density at radius 2 is 1.95 bits per heavy atom. The summed E-state index contributed by atoms with van der Waals surface area (Å²) in [5, 5.41) is 2.39. The summed E-state index contributed by atoms with van der Waals surface area (Å²) in [6, 6.07) is 14.4. The van der Waals surface area contributed by atoms with Gasteiger partial charge in [0, 0.05) is 19.0 Å². The first-order valence-corrected chi connectivity index (χ1v) is 6.75. The van der Waals surface area contributed by atoms with Crippen LogP contribution < -0.4 is 5.73 Å². The van der Waals surface area contributed by atoms with E-state index in [2.05, 4.69) is 24.3 Å². The summed E-state index contributed by atoms with van der Waals surface area (Å²) < 4.78 is 0. The maximum absolute atomic E-state index is 12.0. The van der Waals surface area contributed by atoms with E-state index in [9.17, 15) is 4.79 Å². The van der Waals surface area contributed by atoms with Gasteiger partial charge in [-0.3, -0.25) is 4.79 Å². The number of likely N-dealkylation sites (N-methyl/N-ethyl adjacent to an activating group) is 1. The van der Waals surface area contributed by atoms with E-state index in [1.165, 1.54) is 16.3 Å². The number of rotatable bonds is 2. The molecule has 2 aromatic rings. The molecule has 1 saturated heterocycles. The van der Waals surface area contributed by atoms with Crippen LogP contribution in [-0.4, -0.2) is 23.4 Å². The van der Waals surface area contributed by atoms with Gasteiger partial charge in [0.15, 0.2) is 0 Å². The lowest BCUT2D eigenvalue weighted by Crippen LogP contribution is -2.33. The normalized spacial score (nSPS) is 23.3. The fraction of sp³-hybridized carbons (Fsp3) is 0.312. The number of hydrogen-bond acceptors (Lipinski definition) is 2. The summed E-state index contributed by atoms with van der Waals surface area (Å²) >= 11 is 0. The number of carbonyl (C=O) groups is 1. The van der Waals surface area contributed by atoms with Gasteiger partial charge >= 0.3 is 0 Å². The van der Waals surface area contributed by atoms with E-state index < -0.39 is 0 Å². The molecule has 98 valence electrons. The average molecular weight is 254 g/mol. The number of nitrogens with two attached hydrogens (primary N) is 1. The van der Waals surface area contributed by atoms with Crippen molar-refractivity contribution in [2.45, 2.75) is 25.4 Å². The second kappa shape index (κ2) is 4.67. The van der Waals surface area contributed by atoms with E-state index in [1.807, 2.05) is 30.0 Å². The molecule has 3 rings (SSSR count). The number of benzene rings is 2. The minimum absolute atomic E-state index is 0.00333. The third-order valence-electron chi connectivity index (χ3n) is 3.95. The third kappa shape index (κ3) is 1.90. The van der Waals surface area contributed by atoms with Crippen molar-refractivity contribution in [3.8, 4) is 0 Å². The zero-order valence-electron chi connectivity index (χ0n) is 11.0. The van der Waals surface area contributed by atoms with Crippen LogP contribution in [0.15, 0.2) is 42.5 Å². The Balaban J connectivity index is 2.16. The number of likely N-dealkylation sites (tertiary alicyclic amines) is 1. The Bertz CT molecular complexity index is 618. The zero-order chi connectivity index (χ0) is 13.4. The molecule has 1 heterocycles. The van der Waals surface area contributed by atoms with Gasteiger partial charge in [0.2, 0.25) is 5.91 Å². The number of nitrogens with zero attached hydrogens (tertiary/aromatic N) is 1. The van der Waals surface area contributed by atoms with E-state index in [-0.39, 0.29) is 18.0 Å². The summed E-state index contributed by atoms with van der Waals surface area (Å²) in [6.45, 7) is 2.72. The lowest BCUT2D eigenvalue weighted by molar-refractivity contribution is -0.128. The summed E-state index contributed by atoms with van der Waals surface area (Å²) in [5.74, 6) is 0.160. The highest BCUT2D eigenvalue weighted by molar-refractivity contribution is 5.88. The van der Waals surface area contributed by atoms with E-state index >= 15 is 0 Å². The van der Waals surface area contributed by atoms with Crippen molar-refractivity contribution in [2.75, 3.05) is 6.54 Å². The molecule has 2 aromatic carbocycles. The van der Waals surface area contributed by atoms with E-state index in [1.54, 1.807) is 0 Å². The van der Waals surface area contributed by atoms with Gasteiger partial charge in [0.25, 0.3) is 0 Å². The highest BCUT2D eigenvalue weighted by atomic mass is 16.2. The second-order valence-corrected chi connectivity index (χ2v) is 5.06. The van der Waals surface area contributed by atoms with Crippen LogP contribution in [0, 0.1) is 0 Å². The molecule has 3 heteroatoms. The zero-order valence-corrected chi connectivity index (χ0v) is 11.0. The van der Waals surface area contributed by atoms with Crippen molar-refractivity contribution in [3.05, 3.63) is 48.0 Å². The molecule has 1 aliphatic heterocycles. The minimum Gasteiger partial charge on any atom is -0.334 e. The fourth-order valence-electron chi connectivity index (χ4n) is 3.10. The van der Waals surface area contributed by atoms with Crippen LogP contribution in [0.3, 0.4) is 0 Å². The van der Waals surface area contributed by atoms with Gasteiger partial charge in [-0.15, -0.1) is 0 Å². The first kappa shape index (κ1) is 12.2. The van der Waals surface area contributed by atoms with Gasteiger partial charge in [-0.2, -0.15) is 0 Å². The minimum atomic E-state index is -0.113. The SMILES string of the molecule is CCN1C(=O)CC(N)C1c1cccc2ccccc12. The predicted octanol–water partition coefficient (Wildman–Crippen LogP) is 2.46. The molecule has 2 unspecified atom stereocenters. The van der Waals surface area contributed by atoms with E-state index in [0.717, 1.165) is 0 Å². The molecule has 1 fully saturated rings. The first-order valence-electron chi connectivity index (χ1n) is 6.75. The summed E-state index contributed by atoms with van der Waals surface area (Å²) in [6.07, 6.45) is 0.446. The van der Waals surface area contributed by atoms with Gasteiger partial charge < -0.3 is 10.6 Å². The molecule has 0 saturated carbocycles. The molecular formula is C16H18N2O. The molecule has 0 aliphatic carbocycles. The molecule has 1 amide bonds. The molecule has 2 atom stereocenters. The maximum Gasteiger partial charge on any atom is 0.224 e. The Kier molecular flexibility index (Phi) is 2.99. The number of carbonyl (C=O) groups excluding carboxylic acids is 1. The molecule has 0 radical (unpaired) electrons. The monoisotopic (exact) mass is 254 g/mol. The molecule has 0 bridgehead atoms. The molecular weight excluding hydrogens is 236 g/mol. The van der Waals surface area contributed by atoms with Crippen LogP contribution in [0.25, 0.3) is 10.8 Å². The summed E-state index contributed by atoms with van der Waals surface area (Å²) in [5.41, 5.74) is 7.36. The lowest BCUT2D eigenvalue weighted by Gasteiger charge is -2.27. The van der Waals surface area contributed by atoms with Crippen molar-refractivity contribution in [3.63, 3.8) is 0 Å². The molecule has 3 nitrogen and oxygen atoms in total.